The molecule has 2 aliphatic rings. The van der Waals surface area contributed by atoms with Gasteiger partial charge in [0.1, 0.15) is 0 Å². The van der Waals surface area contributed by atoms with Gasteiger partial charge in [-0.15, -0.1) is 17.5 Å². The van der Waals surface area contributed by atoms with E-state index in [0.29, 0.717) is 23.6 Å². The summed E-state index contributed by atoms with van der Waals surface area (Å²) in [6, 6.07) is 0.599. The lowest BCUT2D eigenvalue weighted by Gasteiger charge is -2.45. The number of halogens is 1. The van der Waals surface area contributed by atoms with E-state index in [1.54, 1.807) is 5.38 Å². The molecule has 5 nitrogen and oxygen atoms in total. The maximum atomic E-state index is 12.0. The highest BCUT2D eigenvalue weighted by atomic mass is 35.5. The lowest BCUT2D eigenvalue weighted by molar-refractivity contribution is 0.0751. The molecule has 0 aromatic carbocycles. The van der Waals surface area contributed by atoms with Gasteiger partial charge in [0, 0.05) is 17.5 Å². The Hall–Kier alpha value is -0.720. The van der Waals surface area contributed by atoms with Gasteiger partial charge in [-0.3, -0.25) is 4.79 Å². The molecule has 106 valence electrons. The molecular weight excluding hydrogens is 284 g/mol. The SMILES string of the molecule is Cl.NC1CC2CCCC(C1)C2NC(=O)c1csnn1. The van der Waals surface area contributed by atoms with Gasteiger partial charge < -0.3 is 11.1 Å². The zero-order valence-electron chi connectivity index (χ0n) is 10.6. The Bertz CT molecular complexity index is 413. The molecule has 19 heavy (non-hydrogen) atoms. The van der Waals surface area contributed by atoms with Gasteiger partial charge in [0.15, 0.2) is 5.69 Å². The number of hydrogen-bond donors (Lipinski definition) is 2. The Kier molecular flexibility index (Phi) is 4.76. The Labute approximate surface area is 122 Å². The van der Waals surface area contributed by atoms with Gasteiger partial charge in [0.2, 0.25) is 0 Å². The maximum Gasteiger partial charge on any atom is 0.272 e. The smallest absolute Gasteiger partial charge is 0.272 e. The Morgan fingerprint density at radius 2 is 2.05 bits per heavy atom. The largest absolute Gasteiger partial charge is 0.347 e. The van der Waals surface area contributed by atoms with Crippen LogP contribution in [-0.4, -0.2) is 27.6 Å². The molecule has 3 N–H and O–H groups in total. The summed E-state index contributed by atoms with van der Waals surface area (Å²) in [5, 5.41) is 8.67. The van der Waals surface area contributed by atoms with Crippen LogP contribution in [0, 0.1) is 11.8 Å². The van der Waals surface area contributed by atoms with Crippen LogP contribution in [0.5, 0.6) is 0 Å². The van der Waals surface area contributed by atoms with Gasteiger partial charge >= 0.3 is 0 Å². The first-order valence-electron chi connectivity index (χ1n) is 6.57. The molecular formula is C12H19ClN4OS. The number of carbonyl (C=O) groups excluding carboxylic acids is 1. The molecule has 2 bridgehead atoms. The number of nitrogens with one attached hydrogen (secondary N) is 1. The summed E-state index contributed by atoms with van der Waals surface area (Å²) in [4.78, 5) is 12.0. The molecule has 1 aromatic heterocycles. The zero-order chi connectivity index (χ0) is 12.5. The third-order valence-corrected chi connectivity index (χ3v) is 4.77. The lowest BCUT2D eigenvalue weighted by Crippen LogP contribution is -2.53. The molecule has 2 atom stereocenters. The van der Waals surface area contributed by atoms with Crippen molar-refractivity contribution < 1.29 is 4.79 Å². The Morgan fingerprint density at radius 1 is 1.37 bits per heavy atom. The molecule has 1 aromatic rings. The molecule has 7 heteroatoms. The minimum Gasteiger partial charge on any atom is -0.347 e. The van der Waals surface area contributed by atoms with E-state index in [0.717, 1.165) is 12.8 Å². The number of nitrogens with two attached hydrogens (primary N) is 1. The van der Waals surface area contributed by atoms with Crippen molar-refractivity contribution in [2.45, 2.75) is 44.2 Å². The van der Waals surface area contributed by atoms with E-state index in [4.69, 9.17) is 5.73 Å². The fourth-order valence-corrected chi connectivity index (χ4v) is 3.95. The van der Waals surface area contributed by atoms with E-state index >= 15 is 0 Å². The van der Waals surface area contributed by atoms with Gasteiger partial charge in [0.05, 0.1) is 0 Å². The monoisotopic (exact) mass is 302 g/mol. The molecule has 0 aliphatic heterocycles. The van der Waals surface area contributed by atoms with Crippen molar-refractivity contribution in [1.82, 2.24) is 14.9 Å². The van der Waals surface area contributed by atoms with E-state index in [2.05, 4.69) is 14.9 Å². The predicted molar refractivity (Wildman–Crippen MR) is 76.5 cm³/mol. The van der Waals surface area contributed by atoms with Crippen molar-refractivity contribution in [1.29, 1.82) is 0 Å². The fourth-order valence-electron chi connectivity index (χ4n) is 3.51. The molecule has 0 spiro atoms. The molecule has 0 saturated heterocycles. The third kappa shape index (κ3) is 3.07. The summed E-state index contributed by atoms with van der Waals surface area (Å²) in [5.41, 5.74) is 6.52. The minimum atomic E-state index is -0.0823. The molecule has 2 unspecified atom stereocenters. The Balaban J connectivity index is 0.00000133. The average Bonchev–Trinajstić information content (AvgIpc) is 2.83. The molecule has 1 amide bonds. The van der Waals surface area contributed by atoms with E-state index in [1.807, 2.05) is 0 Å². The van der Waals surface area contributed by atoms with Crippen molar-refractivity contribution in [2.24, 2.45) is 17.6 Å². The normalized spacial score (nSPS) is 33.3. The van der Waals surface area contributed by atoms with Crippen LogP contribution in [0.4, 0.5) is 0 Å². The van der Waals surface area contributed by atoms with Crippen LogP contribution < -0.4 is 11.1 Å². The minimum absolute atomic E-state index is 0. The number of hydrogen-bond acceptors (Lipinski definition) is 5. The van der Waals surface area contributed by atoms with E-state index in [-0.39, 0.29) is 24.4 Å². The average molecular weight is 303 g/mol. The molecule has 0 radical (unpaired) electrons. The molecule has 2 saturated carbocycles. The van der Waals surface area contributed by atoms with E-state index in [9.17, 15) is 4.79 Å². The highest BCUT2D eigenvalue weighted by molar-refractivity contribution is 7.03. The standard InChI is InChI=1S/C12H18N4OS.ClH/c13-9-4-7-2-1-3-8(5-9)11(7)14-12(17)10-6-18-16-15-10;/h6-9,11H,1-5,13H2,(H,14,17);1H. The van der Waals surface area contributed by atoms with Crippen LogP contribution >= 0.6 is 23.9 Å². The van der Waals surface area contributed by atoms with Crippen molar-refractivity contribution in [3.05, 3.63) is 11.1 Å². The van der Waals surface area contributed by atoms with Crippen LogP contribution in [0.1, 0.15) is 42.6 Å². The van der Waals surface area contributed by atoms with Crippen LogP contribution in [0.3, 0.4) is 0 Å². The number of carbonyl (C=O) groups is 1. The van der Waals surface area contributed by atoms with Gasteiger partial charge in [-0.1, -0.05) is 10.9 Å². The summed E-state index contributed by atoms with van der Waals surface area (Å²) in [7, 11) is 0. The van der Waals surface area contributed by atoms with Crippen LogP contribution in [-0.2, 0) is 0 Å². The van der Waals surface area contributed by atoms with E-state index in [1.165, 1.54) is 30.8 Å². The molecule has 2 fully saturated rings. The predicted octanol–water partition coefficient (Wildman–Crippen LogP) is 1.60. The van der Waals surface area contributed by atoms with Crippen molar-refractivity contribution in [2.75, 3.05) is 0 Å². The van der Waals surface area contributed by atoms with Crippen LogP contribution in [0.2, 0.25) is 0 Å². The summed E-state index contributed by atoms with van der Waals surface area (Å²) in [6.45, 7) is 0. The third-order valence-electron chi connectivity index (χ3n) is 4.27. The van der Waals surface area contributed by atoms with E-state index < -0.39 is 0 Å². The van der Waals surface area contributed by atoms with Crippen LogP contribution in [0.15, 0.2) is 5.38 Å². The number of fused-ring (bicyclic) bond motifs is 2. The van der Waals surface area contributed by atoms with Crippen molar-refractivity contribution in [3.8, 4) is 0 Å². The summed E-state index contributed by atoms with van der Waals surface area (Å²) >= 11 is 1.21. The first-order chi connectivity index (χ1) is 8.74. The molecule has 2 aliphatic carbocycles. The zero-order valence-corrected chi connectivity index (χ0v) is 12.3. The molecule has 1 heterocycles. The van der Waals surface area contributed by atoms with Crippen LogP contribution in [0.25, 0.3) is 0 Å². The number of nitrogens with zero attached hydrogens (tertiary/aromatic N) is 2. The maximum absolute atomic E-state index is 12.0. The second-order valence-electron chi connectivity index (χ2n) is 5.47. The van der Waals surface area contributed by atoms with Gasteiger partial charge in [-0.2, -0.15) is 0 Å². The first kappa shape index (κ1) is 14.7. The summed E-state index contributed by atoms with van der Waals surface area (Å²) in [5.74, 6) is 1.01. The second-order valence-corrected chi connectivity index (χ2v) is 6.08. The Morgan fingerprint density at radius 3 is 2.63 bits per heavy atom. The highest BCUT2D eigenvalue weighted by Crippen LogP contribution is 2.39. The summed E-state index contributed by atoms with van der Waals surface area (Å²) < 4.78 is 3.73. The second kappa shape index (κ2) is 6.15. The topological polar surface area (TPSA) is 80.9 Å². The van der Waals surface area contributed by atoms with Gasteiger partial charge in [0.25, 0.3) is 5.91 Å². The van der Waals surface area contributed by atoms with Gasteiger partial charge in [-0.05, 0) is 49.1 Å². The highest BCUT2D eigenvalue weighted by Gasteiger charge is 2.40. The van der Waals surface area contributed by atoms with Crippen molar-refractivity contribution in [3.63, 3.8) is 0 Å². The summed E-state index contributed by atoms with van der Waals surface area (Å²) in [6.07, 6.45) is 5.72. The quantitative estimate of drug-likeness (QED) is 0.869. The fraction of sp³-hybridized carbons (Fsp3) is 0.750. The number of rotatable bonds is 2. The molecule has 3 rings (SSSR count). The lowest BCUT2D eigenvalue weighted by atomic mass is 9.67. The van der Waals surface area contributed by atoms with Gasteiger partial charge in [-0.25, -0.2) is 0 Å². The number of amides is 1. The first-order valence-corrected chi connectivity index (χ1v) is 7.41. The van der Waals surface area contributed by atoms with Crippen molar-refractivity contribution >= 4 is 29.8 Å². The number of aromatic nitrogens is 2.